The smallest absolute Gasteiger partial charge is 0.242 e. The van der Waals surface area contributed by atoms with E-state index in [4.69, 9.17) is 5.73 Å². The fourth-order valence-electron chi connectivity index (χ4n) is 1.03. The van der Waals surface area contributed by atoms with E-state index in [0.29, 0.717) is 13.0 Å². The van der Waals surface area contributed by atoms with E-state index in [9.17, 15) is 9.59 Å². The zero-order valence-corrected chi connectivity index (χ0v) is 6.96. The molecule has 0 radical (unpaired) electrons. The molecule has 1 fully saturated rings. The number of nitrogens with two attached hydrogens (primary N) is 1. The maximum absolute atomic E-state index is 11.0. The first-order chi connectivity index (χ1) is 5.61. The first-order valence-corrected chi connectivity index (χ1v) is 3.95. The van der Waals surface area contributed by atoms with Crippen LogP contribution in [0, 0.1) is 0 Å². The lowest BCUT2D eigenvalue weighted by atomic mass is 10.2. The van der Waals surface area contributed by atoms with Crippen molar-refractivity contribution in [3.8, 4) is 0 Å². The van der Waals surface area contributed by atoms with Crippen LogP contribution in [0.2, 0.25) is 0 Å². The third-order valence-electron chi connectivity index (χ3n) is 1.78. The predicted octanol–water partition coefficient (Wildman–Crippen LogP) is -1.66. The van der Waals surface area contributed by atoms with Crippen molar-refractivity contribution in [1.82, 2.24) is 10.6 Å². The van der Waals surface area contributed by atoms with Crippen LogP contribution in [0.5, 0.6) is 0 Å². The van der Waals surface area contributed by atoms with Gasteiger partial charge >= 0.3 is 0 Å². The molecule has 1 heterocycles. The van der Waals surface area contributed by atoms with Crippen molar-refractivity contribution in [3.05, 3.63) is 0 Å². The highest BCUT2D eigenvalue weighted by Gasteiger charge is 2.26. The minimum absolute atomic E-state index is 0.121. The highest BCUT2D eigenvalue weighted by Crippen LogP contribution is 1.98. The van der Waals surface area contributed by atoms with Crippen LogP contribution >= 0.6 is 0 Å². The van der Waals surface area contributed by atoms with Gasteiger partial charge in [-0.1, -0.05) is 0 Å². The van der Waals surface area contributed by atoms with Gasteiger partial charge in [-0.3, -0.25) is 9.59 Å². The zero-order valence-electron chi connectivity index (χ0n) is 6.96. The highest BCUT2D eigenvalue weighted by molar-refractivity contribution is 5.90. The van der Waals surface area contributed by atoms with Crippen molar-refractivity contribution in [3.63, 3.8) is 0 Å². The second-order valence-electron chi connectivity index (χ2n) is 2.93. The summed E-state index contributed by atoms with van der Waals surface area (Å²) in [4.78, 5) is 22.0. The van der Waals surface area contributed by atoms with Gasteiger partial charge in [-0.2, -0.15) is 0 Å². The summed E-state index contributed by atoms with van der Waals surface area (Å²) in [5.41, 5.74) is 5.32. The molecule has 4 N–H and O–H groups in total. The van der Waals surface area contributed by atoms with E-state index in [-0.39, 0.29) is 17.9 Å². The molecular weight excluding hydrogens is 158 g/mol. The lowest BCUT2D eigenvalue weighted by molar-refractivity contribution is -0.127. The van der Waals surface area contributed by atoms with Crippen LogP contribution in [-0.2, 0) is 9.59 Å². The number of hydrogen-bond donors (Lipinski definition) is 3. The monoisotopic (exact) mass is 171 g/mol. The van der Waals surface area contributed by atoms with Gasteiger partial charge in [0.15, 0.2) is 0 Å². The van der Waals surface area contributed by atoms with Crippen LogP contribution in [0.4, 0.5) is 0 Å². The molecule has 2 atom stereocenters. The summed E-state index contributed by atoms with van der Waals surface area (Å²) >= 11 is 0. The van der Waals surface area contributed by atoms with Crippen molar-refractivity contribution >= 4 is 11.8 Å². The molecule has 0 saturated carbocycles. The minimum Gasteiger partial charge on any atom is -0.354 e. The number of carbonyl (C=O) groups excluding carboxylic acids is 2. The van der Waals surface area contributed by atoms with Crippen LogP contribution in [0.15, 0.2) is 0 Å². The molecule has 1 aliphatic heterocycles. The second-order valence-corrected chi connectivity index (χ2v) is 2.93. The molecule has 5 nitrogen and oxygen atoms in total. The maximum Gasteiger partial charge on any atom is 0.242 e. The molecule has 0 bridgehead atoms. The molecule has 0 spiro atoms. The molecule has 1 rings (SSSR count). The summed E-state index contributed by atoms with van der Waals surface area (Å²) in [6, 6.07) is -0.943. The molecule has 0 aromatic carbocycles. The molecule has 68 valence electrons. The van der Waals surface area contributed by atoms with Gasteiger partial charge in [-0.25, -0.2) is 0 Å². The Labute approximate surface area is 70.7 Å². The Hall–Kier alpha value is -1.10. The Morgan fingerprint density at radius 3 is 2.92 bits per heavy atom. The molecule has 0 aliphatic carbocycles. The summed E-state index contributed by atoms with van der Waals surface area (Å²) in [6.45, 7) is 2.21. The second kappa shape index (κ2) is 3.53. The molecule has 1 saturated heterocycles. The fourth-order valence-corrected chi connectivity index (χ4v) is 1.03. The zero-order chi connectivity index (χ0) is 9.14. The van der Waals surface area contributed by atoms with Crippen LogP contribution in [-0.4, -0.2) is 30.4 Å². The molecule has 0 aromatic heterocycles. The number of carbonyl (C=O) groups is 2. The molecule has 2 amide bonds. The van der Waals surface area contributed by atoms with E-state index >= 15 is 0 Å². The van der Waals surface area contributed by atoms with E-state index in [0.717, 1.165) is 0 Å². The van der Waals surface area contributed by atoms with Crippen molar-refractivity contribution in [2.45, 2.75) is 25.4 Å². The van der Waals surface area contributed by atoms with Gasteiger partial charge in [0.2, 0.25) is 11.8 Å². The Morgan fingerprint density at radius 2 is 2.50 bits per heavy atom. The van der Waals surface area contributed by atoms with Gasteiger partial charge < -0.3 is 16.4 Å². The van der Waals surface area contributed by atoms with E-state index in [2.05, 4.69) is 10.6 Å². The highest BCUT2D eigenvalue weighted by atomic mass is 16.2. The summed E-state index contributed by atoms with van der Waals surface area (Å²) < 4.78 is 0. The fraction of sp³-hybridized carbons (Fsp3) is 0.714. The van der Waals surface area contributed by atoms with Gasteiger partial charge in [0.25, 0.3) is 0 Å². The third-order valence-corrected chi connectivity index (χ3v) is 1.78. The Kier molecular flexibility index (Phi) is 2.65. The SMILES string of the molecule is CC(N)C(=O)N[C@H]1CCNC1=O. The van der Waals surface area contributed by atoms with Crippen molar-refractivity contribution in [2.75, 3.05) is 6.54 Å². The lowest BCUT2D eigenvalue weighted by Gasteiger charge is -2.11. The van der Waals surface area contributed by atoms with E-state index in [1.165, 1.54) is 0 Å². The molecule has 12 heavy (non-hydrogen) atoms. The van der Waals surface area contributed by atoms with Crippen LogP contribution < -0.4 is 16.4 Å². The lowest BCUT2D eigenvalue weighted by Crippen LogP contribution is -2.46. The normalized spacial score (nSPS) is 24.8. The van der Waals surface area contributed by atoms with E-state index in [1.54, 1.807) is 6.92 Å². The van der Waals surface area contributed by atoms with Gasteiger partial charge in [0, 0.05) is 6.54 Å². The predicted molar refractivity (Wildman–Crippen MR) is 43.2 cm³/mol. The van der Waals surface area contributed by atoms with Crippen LogP contribution in [0.3, 0.4) is 0 Å². The van der Waals surface area contributed by atoms with E-state index in [1.807, 2.05) is 0 Å². The molecule has 1 unspecified atom stereocenters. The third kappa shape index (κ3) is 1.94. The van der Waals surface area contributed by atoms with Crippen molar-refractivity contribution in [2.24, 2.45) is 5.73 Å². The summed E-state index contributed by atoms with van der Waals surface area (Å²) in [5, 5.41) is 5.17. The quantitative estimate of drug-likeness (QED) is 0.465. The van der Waals surface area contributed by atoms with Gasteiger partial charge in [0.1, 0.15) is 6.04 Å². The average molecular weight is 171 g/mol. The first kappa shape index (κ1) is 8.99. The molecule has 0 aromatic rings. The Bertz CT molecular complexity index is 203. The van der Waals surface area contributed by atoms with Gasteiger partial charge in [-0.05, 0) is 13.3 Å². The number of hydrogen-bond acceptors (Lipinski definition) is 3. The standard InChI is InChI=1S/C7H13N3O2/c1-4(8)6(11)10-5-2-3-9-7(5)12/h4-5H,2-3,8H2,1H3,(H,9,12)(H,10,11)/t4?,5-/m0/s1. The topological polar surface area (TPSA) is 84.2 Å². The summed E-state index contributed by atoms with van der Waals surface area (Å²) in [6.07, 6.45) is 0.650. The number of amides is 2. The number of rotatable bonds is 2. The van der Waals surface area contributed by atoms with Gasteiger partial charge in [-0.15, -0.1) is 0 Å². The van der Waals surface area contributed by atoms with Crippen molar-refractivity contribution < 1.29 is 9.59 Å². The largest absolute Gasteiger partial charge is 0.354 e. The van der Waals surface area contributed by atoms with E-state index < -0.39 is 6.04 Å². The maximum atomic E-state index is 11.0. The summed E-state index contributed by atoms with van der Waals surface area (Å²) in [7, 11) is 0. The number of nitrogens with one attached hydrogen (secondary N) is 2. The molecule has 5 heteroatoms. The Morgan fingerprint density at radius 1 is 1.83 bits per heavy atom. The first-order valence-electron chi connectivity index (χ1n) is 3.95. The average Bonchev–Trinajstić information content (AvgIpc) is 2.36. The Balaban J connectivity index is 2.40. The minimum atomic E-state index is -0.557. The molecular formula is C7H13N3O2. The summed E-state index contributed by atoms with van der Waals surface area (Å²) in [5.74, 6) is -0.402. The molecule has 1 aliphatic rings. The van der Waals surface area contributed by atoms with Crippen LogP contribution in [0.25, 0.3) is 0 Å². The van der Waals surface area contributed by atoms with Crippen molar-refractivity contribution in [1.29, 1.82) is 0 Å². The van der Waals surface area contributed by atoms with Crippen LogP contribution in [0.1, 0.15) is 13.3 Å². The van der Waals surface area contributed by atoms with Gasteiger partial charge in [0.05, 0.1) is 6.04 Å².